The molecule has 84 valence electrons. The van der Waals surface area contributed by atoms with Gasteiger partial charge >= 0.3 is 5.97 Å². The summed E-state index contributed by atoms with van der Waals surface area (Å²) in [6.07, 6.45) is 0.131. The van der Waals surface area contributed by atoms with Crippen molar-refractivity contribution in [3.63, 3.8) is 0 Å². The fourth-order valence-electron chi connectivity index (χ4n) is 1.49. The fraction of sp³-hybridized carbons (Fsp3) is 0.333. The van der Waals surface area contributed by atoms with E-state index in [1.807, 2.05) is 30.3 Å². The summed E-state index contributed by atoms with van der Waals surface area (Å²) in [6, 6.07) is 9.12. The van der Waals surface area contributed by atoms with E-state index in [9.17, 15) is 14.0 Å². The monoisotopic (exact) mass is 222 g/mol. The summed E-state index contributed by atoms with van der Waals surface area (Å²) in [5, 5.41) is 0. The molecule has 1 aromatic carbocycles. The van der Waals surface area contributed by atoms with Crippen molar-refractivity contribution in [3.8, 4) is 0 Å². The van der Waals surface area contributed by atoms with Crippen molar-refractivity contribution in [2.24, 2.45) is 5.92 Å². The Morgan fingerprint density at radius 2 is 2.19 bits per heavy atom. The van der Waals surface area contributed by atoms with E-state index in [0.29, 0.717) is 0 Å². The number of carbonyl (C=O) groups excluding carboxylic acids is 2. The van der Waals surface area contributed by atoms with E-state index in [0.717, 1.165) is 5.56 Å². The SMILES string of the molecule is O=C[C@]1(F)C[C@@H]1C(=O)OCc1ccccc1. The van der Waals surface area contributed by atoms with Gasteiger partial charge < -0.3 is 4.74 Å². The van der Waals surface area contributed by atoms with Crippen molar-refractivity contribution < 1.29 is 18.7 Å². The van der Waals surface area contributed by atoms with E-state index < -0.39 is 17.6 Å². The van der Waals surface area contributed by atoms with Crippen LogP contribution in [0.1, 0.15) is 12.0 Å². The molecule has 3 nitrogen and oxygen atoms in total. The highest BCUT2D eigenvalue weighted by Gasteiger charge is 2.61. The van der Waals surface area contributed by atoms with Crippen molar-refractivity contribution in [3.05, 3.63) is 35.9 Å². The zero-order valence-electron chi connectivity index (χ0n) is 8.56. The molecule has 0 bridgehead atoms. The predicted molar refractivity (Wildman–Crippen MR) is 54.2 cm³/mol. The lowest BCUT2D eigenvalue weighted by Crippen LogP contribution is -2.15. The van der Waals surface area contributed by atoms with E-state index in [-0.39, 0.29) is 19.3 Å². The number of alkyl halides is 1. The lowest BCUT2D eigenvalue weighted by Gasteiger charge is -2.04. The first-order valence-corrected chi connectivity index (χ1v) is 5.01. The van der Waals surface area contributed by atoms with Gasteiger partial charge in [-0.3, -0.25) is 9.59 Å². The third-order valence-corrected chi connectivity index (χ3v) is 2.64. The van der Waals surface area contributed by atoms with Crippen LogP contribution < -0.4 is 0 Å². The molecular formula is C12H11FO3. The zero-order valence-corrected chi connectivity index (χ0v) is 8.56. The Kier molecular flexibility index (Phi) is 2.73. The van der Waals surface area contributed by atoms with Gasteiger partial charge in [-0.1, -0.05) is 30.3 Å². The smallest absolute Gasteiger partial charge is 0.313 e. The maximum absolute atomic E-state index is 13.2. The van der Waals surface area contributed by atoms with E-state index in [1.165, 1.54) is 0 Å². The fourth-order valence-corrected chi connectivity index (χ4v) is 1.49. The van der Waals surface area contributed by atoms with Crippen molar-refractivity contribution in [2.45, 2.75) is 18.7 Å². The second kappa shape index (κ2) is 4.04. The summed E-state index contributed by atoms with van der Waals surface area (Å²) in [5.74, 6) is -1.55. The van der Waals surface area contributed by atoms with Crippen LogP contribution in [0.2, 0.25) is 0 Å². The van der Waals surface area contributed by atoms with E-state index in [1.54, 1.807) is 0 Å². The minimum absolute atomic E-state index is 0.0515. The molecule has 0 heterocycles. The quantitative estimate of drug-likeness (QED) is 0.574. The van der Waals surface area contributed by atoms with Gasteiger partial charge in [-0.15, -0.1) is 0 Å². The number of benzene rings is 1. The highest BCUT2D eigenvalue weighted by Crippen LogP contribution is 2.46. The minimum Gasteiger partial charge on any atom is -0.460 e. The van der Waals surface area contributed by atoms with Crippen LogP contribution in [-0.2, 0) is 20.9 Å². The molecule has 0 saturated heterocycles. The summed E-state index contributed by atoms with van der Waals surface area (Å²) in [4.78, 5) is 21.6. The van der Waals surface area contributed by atoms with Crippen molar-refractivity contribution in [1.29, 1.82) is 0 Å². The van der Waals surface area contributed by atoms with E-state index in [4.69, 9.17) is 4.74 Å². The largest absolute Gasteiger partial charge is 0.460 e. The van der Waals surface area contributed by atoms with Crippen LogP contribution in [0.5, 0.6) is 0 Å². The normalized spacial score (nSPS) is 27.2. The molecule has 2 rings (SSSR count). The average Bonchev–Trinajstić information content (AvgIpc) is 3.01. The van der Waals surface area contributed by atoms with Crippen molar-refractivity contribution in [2.75, 3.05) is 0 Å². The second-order valence-corrected chi connectivity index (χ2v) is 3.89. The molecule has 1 aromatic rings. The van der Waals surface area contributed by atoms with Gasteiger partial charge in [0.25, 0.3) is 0 Å². The number of ether oxygens (including phenoxy) is 1. The van der Waals surface area contributed by atoms with Gasteiger partial charge in [-0.05, 0) is 5.56 Å². The Morgan fingerprint density at radius 3 is 2.75 bits per heavy atom. The van der Waals surface area contributed by atoms with Crippen molar-refractivity contribution >= 4 is 12.3 Å². The number of hydrogen-bond donors (Lipinski definition) is 0. The Balaban J connectivity index is 1.84. The molecule has 0 aliphatic heterocycles. The predicted octanol–water partition coefficient (Wildman–Crippen LogP) is 1.66. The lowest BCUT2D eigenvalue weighted by atomic mass is 10.2. The summed E-state index contributed by atoms with van der Waals surface area (Å²) in [6.45, 7) is 0.116. The van der Waals surface area contributed by atoms with Gasteiger partial charge in [0, 0.05) is 6.42 Å². The maximum atomic E-state index is 13.2. The zero-order chi connectivity index (χ0) is 11.6. The highest BCUT2D eigenvalue weighted by molar-refractivity contribution is 5.86. The first-order chi connectivity index (χ1) is 7.65. The van der Waals surface area contributed by atoms with Gasteiger partial charge in [0.05, 0.1) is 0 Å². The molecule has 4 heteroatoms. The van der Waals surface area contributed by atoms with Crippen LogP contribution in [0, 0.1) is 5.92 Å². The topological polar surface area (TPSA) is 43.4 Å². The standard InChI is InChI=1S/C12H11FO3/c13-12(8-14)6-10(12)11(15)16-7-9-4-2-1-3-5-9/h1-5,8,10H,6-7H2/t10-,12-/m1/s1. The number of halogens is 1. The Labute approximate surface area is 92.2 Å². The van der Waals surface area contributed by atoms with E-state index in [2.05, 4.69) is 0 Å². The van der Waals surface area contributed by atoms with Crippen LogP contribution in [0.25, 0.3) is 0 Å². The average molecular weight is 222 g/mol. The molecule has 1 fully saturated rings. The van der Waals surface area contributed by atoms with Crippen LogP contribution in [-0.4, -0.2) is 17.9 Å². The highest BCUT2D eigenvalue weighted by atomic mass is 19.1. The summed E-state index contributed by atoms with van der Waals surface area (Å²) < 4.78 is 18.1. The van der Waals surface area contributed by atoms with Gasteiger partial charge in [-0.25, -0.2) is 4.39 Å². The summed E-state index contributed by atoms with van der Waals surface area (Å²) in [5.41, 5.74) is -1.14. The van der Waals surface area contributed by atoms with E-state index >= 15 is 0 Å². The molecule has 1 saturated carbocycles. The van der Waals surface area contributed by atoms with Gasteiger partial charge in [-0.2, -0.15) is 0 Å². The van der Waals surface area contributed by atoms with Crippen LogP contribution in [0.4, 0.5) is 4.39 Å². The van der Waals surface area contributed by atoms with Gasteiger partial charge in [0.15, 0.2) is 12.0 Å². The second-order valence-electron chi connectivity index (χ2n) is 3.89. The number of esters is 1. The number of hydrogen-bond acceptors (Lipinski definition) is 3. The number of rotatable bonds is 4. The lowest BCUT2D eigenvalue weighted by molar-refractivity contribution is -0.148. The maximum Gasteiger partial charge on any atom is 0.313 e. The van der Waals surface area contributed by atoms with Crippen LogP contribution in [0.15, 0.2) is 30.3 Å². The van der Waals surface area contributed by atoms with Crippen LogP contribution >= 0.6 is 0 Å². The molecule has 0 amide bonds. The molecule has 0 unspecified atom stereocenters. The molecule has 2 atom stereocenters. The first kappa shape index (κ1) is 10.8. The molecule has 0 spiro atoms. The first-order valence-electron chi connectivity index (χ1n) is 5.01. The Bertz CT molecular complexity index is 404. The molecule has 0 aromatic heterocycles. The third-order valence-electron chi connectivity index (χ3n) is 2.64. The number of aldehydes is 1. The summed E-state index contributed by atoms with van der Waals surface area (Å²) in [7, 11) is 0. The molecule has 0 N–H and O–H groups in total. The third kappa shape index (κ3) is 2.10. The Hall–Kier alpha value is -1.71. The molecular weight excluding hydrogens is 211 g/mol. The molecule has 1 aliphatic rings. The summed E-state index contributed by atoms with van der Waals surface area (Å²) >= 11 is 0. The van der Waals surface area contributed by atoms with Gasteiger partial charge in [0.1, 0.15) is 12.5 Å². The minimum atomic E-state index is -1.98. The molecule has 0 radical (unpaired) electrons. The van der Waals surface area contributed by atoms with Crippen molar-refractivity contribution in [1.82, 2.24) is 0 Å². The molecule has 16 heavy (non-hydrogen) atoms. The van der Waals surface area contributed by atoms with Crippen LogP contribution in [0.3, 0.4) is 0 Å². The number of carbonyl (C=O) groups is 2. The Morgan fingerprint density at radius 1 is 1.50 bits per heavy atom. The van der Waals surface area contributed by atoms with Gasteiger partial charge in [0.2, 0.25) is 0 Å². The molecule has 1 aliphatic carbocycles.